The van der Waals surface area contributed by atoms with Gasteiger partial charge in [-0.25, -0.2) is 4.79 Å². The van der Waals surface area contributed by atoms with Gasteiger partial charge in [-0.05, 0) is 104 Å². The predicted molar refractivity (Wildman–Crippen MR) is 251 cm³/mol. The number of esters is 2. The summed E-state index contributed by atoms with van der Waals surface area (Å²) in [5.41, 5.74) is 4.88. The Hall–Kier alpha value is -5.93. The maximum atomic E-state index is 14.7. The van der Waals surface area contributed by atoms with Crippen molar-refractivity contribution in [1.29, 1.82) is 0 Å². The van der Waals surface area contributed by atoms with Gasteiger partial charge in [0.15, 0.2) is 0 Å². The quantitative estimate of drug-likeness (QED) is 0.0342. The molecule has 0 aliphatic heterocycles. The summed E-state index contributed by atoms with van der Waals surface area (Å²) < 4.78 is 16.8. The first kappa shape index (κ1) is 52.7. The summed E-state index contributed by atoms with van der Waals surface area (Å²) in [4.78, 5) is 98.2. The smallest absolute Gasteiger partial charge is 0.408 e. The van der Waals surface area contributed by atoms with Crippen LogP contribution in [0.15, 0.2) is 60.8 Å². The number of rotatable bonds is 23. The molecule has 0 radical (unpaired) electrons. The van der Waals surface area contributed by atoms with Crippen molar-refractivity contribution in [3.8, 4) is 0 Å². The van der Waals surface area contributed by atoms with Gasteiger partial charge in [0.25, 0.3) is 0 Å². The number of amides is 5. The number of nitrogens with two attached hydrogens (primary N) is 1. The summed E-state index contributed by atoms with van der Waals surface area (Å²) in [6, 6.07) is 12.5. The number of carbonyl (C=O) groups excluding carboxylic acids is 7. The number of primary amides is 1. The molecule has 1 aliphatic rings. The molecule has 4 atom stereocenters. The van der Waals surface area contributed by atoms with Crippen LogP contribution < -0.4 is 27.0 Å². The highest BCUT2D eigenvalue weighted by Crippen LogP contribution is 2.25. The molecule has 4 rings (SSSR count). The second-order valence-electron chi connectivity index (χ2n) is 19.6. The van der Waals surface area contributed by atoms with E-state index in [2.05, 4.69) is 26.3 Å². The van der Waals surface area contributed by atoms with Gasteiger partial charge in [0.1, 0.15) is 41.0 Å². The fourth-order valence-electron chi connectivity index (χ4n) is 7.91. The third-order valence-electron chi connectivity index (χ3n) is 11.2. The van der Waals surface area contributed by atoms with Crippen LogP contribution in [0.3, 0.4) is 0 Å². The first-order valence-electron chi connectivity index (χ1n) is 23.3. The molecule has 0 saturated heterocycles. The highest BCUT2D eigenvalue weighted by atomic mass is 16.6. The van der Waals surface area contributed by atoms with Gasteiger partial charge in [-0.15, -0.1) is 0 Å². The fraction of sp³-hybridized carbons (Fsp3) is 0.580. The van der Waals surface area contributed by atoms with Crippen molar-refractivity contribution in [2.24, 2.45) is 5.73 Å². The van der Waals surface area contributed by atoms with Crippen molar-refractivity contribution in [2.45, 2.75) is 186 Å². The SMILES string of the molecule is CC(C)(C)OC(=O)CCCCCCC[C@H](NC(=O)[C@@](C)(Cc1c[nH]c2ccccc12)NC(=O)OC(C)(C)C)C(=O)N[C@@H](CC(=O)OC1CCCCC1)C(=O)N[C@@H](Cc1ccccc1)C(N)=O. The minimum atomic E-state index is -1.67. The van der Waals surface area contributed by atoms with Crippen LogP contribution in [0.5, 0.6) is 0 Å². The molecule has 0 bridgehead atoms. The van der Waals surface area contributed by atoms with Crippen LogP contribution in [-0.4, -0.2) is 87.6 Å². The van der Waals surface area contributed by atoms with Crippen LogP contribution >= 0.6 is 0 Å². The molecule has 66 heavy (non-hydrogen) atoms. The number of fused-ring (bicyclic) bond motifs is 1. The van der Waals surface area contributed by atoms with Gasteiger partial charge in [-0.3, -0.25) is 28.8 Å². The number of benzene rings is 2. The second kappa shape index (κ2) is 24.6. The molecule has 2 aromatic carbocycles. The topological polar surface area (TPSA) is 237 Å². The number of H-pyrrole nitrogens is 1. The van der Waals surface area contributed by atoms with E-state index in [0.717, 1.165) is 54.1 Å². The molecule has 1 aromatic heterocycles. The van der Waals surface area contributed by atoms with Crippen molar-refractivity contribution >= 4 is 52.6 Å². The van der Waals surface area contributed by atoms with Gasteiger partial charge in [-0.1, -0.05) is 80.6 Å². The van der Waals surface area contributed by atoms with Crippen LogP contribution in [0.4, 0.5) is 4.79 Å². The Bertz CT molecular complexity index is 2100. The molecule has 5 amide bonds. The first-order chi connectivity index (χ1) is 31.1. The molecule has 1 saturated carbocycles. The van der Waals surface area contributed by atoms with Gasteiger partial charge in [0.05, 0.1) is 6.42 Å². The summed E-state index contributed by atoms with van der Waals surface area (Å²) in [7, 11) is 0. The third kappa shape index (κ3) is 18.2. The summed E-state index contributed by atoms with van der Waals surface area (Å²) in [5.74, 6) is -4.11. The molecule has 1 heterocycles. The van der Waals surface area contributed by atoms with Crippen molar-refractivity contribution in [1.82, 2.24) is 26.3 Å². The van der Waals surface area contributed by atoms with Gasteiger partial charge < -0.3 is 46.2 Å². The van der Waals surface area contributed by atoms with E-state index >= 15 is 0 Å². The average Bonchev–Trinajstić information content (AvgIpc) is 3.63. The standard InChI is InChI=1S/C50H72N6O10/c1-48(2,3)65-41(57)28-18-10-8-9-17-27-38(55-46(62)50(7,56-47(63)66-49(4,5)6)31-34-32-52-37-26-20-19-25-36(34)37)44(60)54-40(30-42(58)64-35-23-15-12-16-24-35)45(61)53-39(43(51)59)29-33-21-13-11-14-22-33/h11,13-14,19-22,25-26,32,35,38-40,52H,8-10,12,15-18,23-24,27-31H2,1-7H3,(H2,51,59)(H,53,61)(H,54,60)(H,55,62)(H,56,63)/t38-,39-,40-,50+/m0/s1. The zero-order valence-electron chi connectivity index (χ0n) is 39.8. The Balaban J connectivity index is 1.60. The second-order valence-corrected chi connectivity index (χ2v) is 19.6. The Kier molecular flexibility index (Phi) is 19.6. The number of ether oxygens (including phenoxy) is 3. The first-order valence-corrected chi connectivity index (χ1v) is 23.3. The van der Waals surface area contributed by atoms with Crippen LogP contribution in [0.25, 0.3) is 10.9 Å². The predicted octanol–water partition coefficient (Wildman–Crippen LogP) is 6.51. The van der Waals surface area contributed by atoms with Crippen molar-refractivity contribution in [2.75, 3.05) is 0 Å². The molecule has 16 heteroatoms. The summed E-state index contributed by atoms with van der Waals surface area (Å²) in [6.45, 7) is 12.1. The van der Waals surface area contributed by atoms with Gasteiger partial charge in [0.2, 0.25) is 23.6 Å². The Labute approximate surface area is 389 Å². The molecule has 1 fully saturated rings. The lowest BCUT2D eigenvalue weighted by atomic mass is 9.90. The van der Waals surface area contributed by atoms with Crippen LogP contribution in [0.1, 0.15) is 143 Å². The normalized spacial score (nSPS) is 15.6. The molecular formula is C50H72N6O10. The number of aromatic amines is 1. The number of unbranched alkanes of at least 4 members (excludes halogenated alkanes) is 4. The number of hydrogen-bond donors (Lipinski definition) is 6. The molecule has 0 unspecified atom stereocenters. The van der Waals surface area contributed by atoms with E-state index in [9.17, 15) is 33.6 Å². The highest BCUT2D eigenvalue weighted by molar-refractivity contribution is 5.98. The molecule has 3 aromatic rings. The van der Waals surface area contributed by atoms with E-state index in [4.69, 9.17) is 19.9 Å². The molecule has 1 aliphatic carbocycles. The minimum absolute atomic E-state index is 0.00202. The van der Waals surface area contributed by atoms with Crippen LogP contribution in [0, 0.1) is 0 Å². The Morgan fingerprint density at radius 2 is 1.30 bits per heavy atom. The average molecular weight is 917 g/mol. The molecule has 0 spiro atoms. The summed E-state index contributed by atoms with van der Waals surface area (Å²) >= 11 is 0. The maximum Gasteiger partial charge on any atom is 0.408 e. The van der Waals surface area contributed by atoms with Crippen molar-refractivity contribution < 1.29 is 47.8 Å². The largest absolute Gasteiger partial charge is 0.462 e. The maximum absolute atomic E-state index is 14.7. The highest BCUT2D eigenvalue weighted by Gasteiger charge is 2.40. The Morgan fingerprint density at radius 1 is 0.697 bits per heavy atom. The van der Waals surface area contributed by atoms with E-state index < -0.39 is 77.0 Å². The molecular weight excluding hydrogens is 845 g/mol. The lowest BCUT2D eigenvalue weighted by molar-refractivity contribution is -0.155. The number of hydrogen-bond acceptors (Lipinski definition) is 10. The molecule has 7 N–H and O–H groups in total. The van der Waals surface area contributed by atoms with Gasteiger partial charge >= 0.3 is 18.0 Å². The van der Waals surface area contributed by atoms with Crippen LogP contribution in [0.2, 0.25) is 0 Å². The molecule has 16 nitrogen and oxygen atoms in total. The molecule has 362 valence electrons. The summed E-state index contributed by atoms with van der Waals surface area (Å²) in [6.07, 6.45) is 7.78. The minimum Gasteiger partial charge on any atom is -0.462 e. The van der Waals surface area contributed by atoms with Gasteiger partial charge in [-0.2, -0.15) is 0 Å². The van der Waals surface area contributed by atoms with E-state index in [0.29, 0.717) is 32.1 Å². The van der Waals surface area contributed by atoms with Crippen molar-refractivity contribution in [3.05, 3.63) is 71.9 Å². The fourth-order valence-corrected chi connectivity index (χ4v) is 7.91. The van der Waals surface area contributed by atoms with Crippen LogP contribution in [-0.2, 0) is 55.8 Å². The number of carbonyl (C=O) groups is 7. The number of para-hydroxylation sites is 1. The number of alkyl carbamates (subject to hydrolysis) is 1. The van der Waals surface area contributed by atoms with E-state index in [-0.39, 0.29) is 37.8 Å². The lowest BCUT2D eigenvalue weighted by Crippen LogP contribution is -2.63. The van der Waals surface area contributed by atoms with E-state index in [1.165, 1.54) is 0 Å². The van der Waals surface area contributed by atoms with E-state index in [1.807, 2.05) is 51.1 Å². The van der Waals surface area contributed by atoms with E-state index in [1.54, 1.807) is 58.2 Å². The lowest BCUT2D eigenvalue weighted by Gasteiger charge is -2.33. The number of nitrogens with one attached hydrogen (secondary N) is 5. The van der Waals surface area contributed by atoms with Crippen molar-refractivity contribution in [3.63, 3.8) is 0 Å². The van der Waals surface area contributed by atoms with Gasteiger partial charge in [0, 0.05) is 36.4 Å². The monoisotopic (exact) mass is 917 g/mol. The third-order valence-corrected chi connectivity index (χ3v) is 11.2. The zero-order valence-corrected chi connectivity index (χ0v) is 39.8. The zero-order chi connectivity index (χ0) is 48.5. The number of aromatic nitrogens is 1. The Morgan fingerprint density at radius 3 is 1.97 bits per heavy atom. The summed E-state index contributed by atoms with van der Waals surface area (Å²) in [5, 5.41) is 11.8.